The molecule has 4 unspecified atom stereocenters. The molecule has 1 saturated heterocycles. The molecule has 1 aromatic rings. The minimum absolute atomic E-state index is 0.0593. The predicted molar refractivity (Wildman–Crippen MR) is 187 cm³/mol. The van der Waals surface area contributed by atoms with E-state index in [1.54, 1.807) is 0 Å². The van der Waals surface area contributed by atoms with E-state index in [0.29, 0.717) is 19.5 Å². The molecule has 0 bridgehead atoms. The van der Waals surface area contributed by atoms with Gasteiger partial charge < -0.3 is 36.6 Å². The van der Waals surface area contributed by atoms with Gasteiger partial charge in [-0.2, -0.15) is 0 Å². The Balaban J connectivity index is 1.44. The summed E-state index contributed by atoms with van der Waals surface area (Å²) in [5.74, 6) is -2.74. The summed E-state index contributed by atoms with van der Waals surface area (Å²) in [7, 11) is 0. The number of likely N-dealkylation sites (tertiary alicyclic amines) is 1. The van der Waals surface area contributed by atoms with E-state index in [4.69, 9.17) is 10.5 Å². The van der Waals surface area contributed by atoms with Crippen LogP contribution in [-0.4, -0.2) is 77.8 Å². The van der Waals surface area contributed by atoms with Crippen LogP contribution in [0, 0.1) is 34.0 Å². The normalized spacial score (nSPS) is 22.9. The number of nitrogens with zero attached hydrogens (tertiary/aromatic N) is 1. The molecule has 1 aliphatic heterocycles. The van der Waals surface area contributed by atoms with E-state index in [0.717, 1.165) is 24.8 Å². The number of piperidine rings is 1. The number of ketones is 1. The Morgan fingerprint density at radius 1 is 0.940 bits per heavy atom. The second-order valence-electron chi connectivity index (χ2n) is 17.0. The van der Waals surface area contributed by atoms with Gasteiger partial charge in [0.2, 0.25) is 17.6 Å². The summed E-state index contributed by atoms with van der Waals surface area (Å²) >= 11 is 0. The van der Waals surface area contributed by atoms with E-state index in [-0.39, 0.29) is 29.8 Å². The van der Waals surface area contributed by atoms with E-state index in [1.165, 1.54) is 4.90 Å². The highest BCUT2D eigenvalue weighted by Crippen LogP contribution is 2.65. The third-order valence-electron chi connectivity index (χ3n) is 10.8. The third kappa shape index (κ3) is 9.14. The van der Waals surface area contributed by atoms with Gasteiger partial charge in [0, 0.05) is 13.1 Å². The van der Waals surface area contributed by atoms with Crippen molar-refractivity contribution in [2.75, 3.05) is 13.2 Å². The van der Waals surface area contributed by atoms with Crippen molar-refractivity contribution in [3.63, 3.8) is 0 Å². The zero-order valence-electron chi connectivity index (χ0n) is 30.8. The first-order valence-electron chi connectivity index (χ1n) is 17.7. The van der Waals surface area contributed by atoms with Gasteiger partial charge in [-0.3, -0.25) is 19.2 Å². The summed E-state index contributed by atoms with van der Waals surface area (Å²) in [5, 5.41) is 11.2. The fraction of sp³-hybridized carbons (Fsp3) is 0.676. The van der Waals surface area contributed by atoms with E-state index < -0.39 is 70.6 Å². The Labute approximate surface area is 295 Å². The predicted octanol–water partition coefficient (Wildman–Crippen LogP) is 3.25. The Morgan fingerprint density at radius 3 is 2.12 bits per heavy atom. The second kappa shape index (κ2) is 15.0. The Bertz CT molecular complexity index is 1450. The largest absolute Gasteiger partial charge is 0.447 e. The van der Waals surface area contributed by atoms with Gasteiger partial charge >= 0.3 is 12.1 Å². The van der Waals surface area contributed by atoms with Gasteiger partial charge in [0.05, 0.1) is 12.1 Å². The topological polar surface area (TPSA) is 189 Å². The van der Waals surface area contributed by atoms with Crippen LogP contribution in [0.4, 0.5) is 9.59 Å². The minimum Gasteiger partial charge on any atom is -0.447 e. The number of fused-ring (bicyclic) bond motifs is 1. The number of carbonyl (C=O) groups excluding carboxylic acids is 6. The van der Waals surface area contributed by atoms with Gasteiger partial charge in [-0.15, -0.1) is 0 Å². The van der Waals surface area contributed by atoms with Crippen LogP contribution in [0.2, 0.25) is 0 Å². The van der Waals surface area contributed by atoms with Crippen molar-refractivity contribution in [2.45, 2.75) is 112 Å². The first-order valence-corrected chi connectivity index (χ1v) is 17.7. The number of benzene rings is 1. The molecule has 13 heteroatoms. The molecule has 1 heterocycles. The van der Waals surface area contributed by atoms with Crippen LogP contribution in [0.5, 0.6) is 0 Å². The number of alkyl carbamates (subject to hydrolysis) is 1. The molecule has 6 atom stereocenters. The van der Waals surface area contributed by atoms with E-state index >= 15 is 0 Å². The van der Waals surface area contributed by atoms with Crippen molar-refractivity contribution in [2.24, 2.45) is 39.7 Å². The summed E-state index contributed by atoms with van der Waals surface area (Å²) in [6.45, 7) is 15.8. The van der Waals surface area contributed by atoms with Gasteiger partial charge in [-0.25, -0.2) is 9.59 Å². The maximum Gasteiger partial charge on any atom is 0.407 e. The zero-order chi connectivity index (χ0) is 37.2. The Morgan fingerprint density at radius 2 is 1.58 bits per heavy atom. The van der Waals surface area contributed by atoms with Gasteiger partial charge in [0.15, 0.2) is 0 Å². The van der Waals surface area contributed by atoms with Gasteiger partial charge in [0.25, 0.3) is 5.91 Å². The molecule has 0 aromatic heterocycles. The van der Waals surface area contributed by atoms with Crippen LogP contribution in [0.1, 0.15) is 86.6 Å². The molecule has 3 fully saturated rings. The molecule has 13 nitrogen and oxygen atoms in total. The van der Waals surface area contributed by atoms with Crippen molar-refractivity contribution in [1.29, 1.82) is 0 Å². The van der Waals surface area contributed by atoms with E-state index in [2.05, 4.69) is 35.1 Å². The summed E-state index contributed by atoms with van der Waals surface area (Å²) in [5.41, 5.74) is 4.79. The van der Waals surface area contributed by atoms with Crippen molar-refractivity contribution >= 4 is 35.6 Å². The molecule has 3 aliphatic rings. The molecule has 1 aromatic carbocycles. The zero-order valence-corrected chi connectivity index (χ0v) is 30.8. The number of hydrogen-bond donors (Lipinski definition) is 5. The number of nitrogens with one attached hydrogen (secondary N) is 4. The molecule has 2 aliphatic carbocycles. The highest BCUT2D eigenvalue weighted by molar-refractivity contribution is 6.37. The molecular weight excluding hydrogens is 640 g/mol. The van der Waals surface area contributed by atoms with Crippen molar-refractivity contribution in [3.05, 3.63) is 35.9 Å². The SMILES string of the molecule is CC(C)(C)C(COC(=O)NCc1ccccc1)NC(=O)NC(C(=O)N1C[C@H]2[C@@H](C1C(=O)NC(CC1CCC1)C(=O)C(N)=O)C2(C)C)C(C)(C)C. The number of carbonyl (C=O) groups is 6. The maximum absolute atomic E-state index is 14.4. The van der Waals surface area contributed by atoms with Gasteiger partial charge in [-0.05, 0) is 46.0 Å². The third-order valence-corrected chi connectivity index (χ3v) is 10.8. The number of nitrogens with two attached hydrogens (primary N) is 1. The fourth-order valence-corrected chi connectivity index (χ4v) is 7.17. The molecule has 0 radical (unpaired) electrons. The molecule has 50 heavy (non-hydrogen) atoms. The minimum atomic E-state index is -1.10. The molecule has 0 spiro atoms. The van der Waals surface area contributed by atoms with Crippen LogP contribution < -0.4 is 27.0 Å². The maximum atomic E-state index is 14.4. The number of hydrogen-bond acceptors (Lipinski definition) is 7. The number of amides is 6. The summed E-state index contributed by atoms with van der Waals surface area (Å²) in [4.78, 5) is 80.4. The van der Waals surface area contributed by atoms with Crippen molar-refractivity contribution < 1.29 is 33.5 Å². The molecule has 2 saturated carbocycles. The van der Waals surface area contributed by atoms with Crippen LogP contribution in [-0.2, 0) is 30.5 Å². The highest BCUT2D eigenvalue weighted by atomic mass is 16.5. The first-order chi connectivity index (χ1) is 23.2. The van der Waals surface area contributed by atoms with Gasteiger partial charge in [-0.1, -0.05) is 105 Å². The Kier molecular flexibility index (Phi) is 11.6. The number of Topliss-reactive ketones (excluding diaryl/α,β-unsaturated/α-hetero) is 1. The number of primary amides is 1. The standard InChI is InChI=1S/C37H56N6O7/c1-35(2,3)25(20-50-34(49)39-18-22-13-10-9-11-14-22)41-33(48)42-29(36(4,5)6)32(47)43-19-23-26(37(23,7)8)27(43)31(46)40-24(28(44)30(38)45)17-21-15-12-16-21/h9-11,13-14,21,23-27,29H,12,15-20H2,1-8H3,(H2,38,45)(H,39,49)(H,40,46)(H2,41,42,48)/t23-,24?,25?,26-,27?,29?/m0/s1. The lowest BCUT2D eigenvalue weighted by atomic mass is 9.80. The Hall–Kier alpha value is -4.16. The summed E-state index contributed by atoms with van der Waals surface area (Å²) < 4.78 is 5.46. The van der Waals surface area contributed by atoms with Crippen molar-refractivity contribution in [1.82, 2.24) is 26.2 Å². The number of rotatable bonds is 13. The lowest BCUT2D eigenvalue weighted by Gasteiger charge is -2.39. The van der Waals surface area contributed by atoms with Crippen LogP contribution in [0.15, 0.2) is 30.3 Å². The lowest BCUT2D eigenvalue weighted by Crippen LogP contribution is -2.62. The highest BCUT2D eigenvalue weighted by Gasteiger charge is 2.70. The number of urea groups is 1. The van der Waals surface area contributed by atoms with E-state index in [9.17, 15) is 28.8 Å². The molecule has 276 valence electrons. The summed E-state index contributed by atoms with van der Waals surface area (Å²) in [6, 6.07) is 5.22. The van der Waals surface area contributed by atoms with Crippen molar-refractivity contribution in [3.8, 4) is 0 Å². The monoisotopic (exact) mass is 696 g/mol. The molecule has 6 amide bonds. The quantitative estimate of drug-likeness (QED) is 0.196. The molecule has 4 rings (SSSR count). The smallest absolute Gasteiger partial charge is 0.407 e. The number of ether oxygens (including phenoxy) is 1. The molecule has 6 N–H and O–H groups in total. The summed E-state index contributed by atoms with van der Waals surface area (Å²) in [6.07, 6.45) is 2.55. The average molecular weight is 697 g/mol. The second-order valence-corrected chi connectivity index (χ2v) is 17.0. The first kappa shape index (κ1) is 38.6. The van der Waals surface area contributed by atoms with Crippen LogP contribution >= 0.6 is 0 Å². The molecular formula is C37H56N6O7. The van der Waals surface area contributed by atoms with E-state index in [1.807, 2.05) is 71.9 Å². The average Bonchev–Trinajstić information content (AvgIpc) is 3.31. The van der Waals surface area contributed by atoms with Crippen LogP contribution in [0.3, 0.4) is 0 Å². The fourth-order valence-electron chi connectivity index (χ4n) is 7.17. The van der Waals surface area contributed by atoms with Crippen LogP contribution in [0.25, 0.3) is 0 Å². The van der Waals surface area contributed by atoms with Gasteiger partial charge in [0.1, 0.15) is 18.7 Å². The lowest BCUT2D eigenvalue weighted by molar-refractivity contribution is -0.145.